The second kappa shape index (κ2) is 5.59. The van der Waals surface area contributed by atoms with Crippen LogP contribution in [0.2, 0.25) is 0 Å². The molecule has 1 saturated heterocycles. The number of sulfone groups is 1. The molecule has 1 aliphatic heterocycles. The Morgan fingerprint density at radius 2 is 1.79 bits per heavy atom. The Balaban J connectivity index is 1.59. The smallest absolute Gasteiger partial charge is 0.228 e. The Hall–Kier alpha value is -2.41. The highest BCUT2D eigenvalue weighted by molar-refractivity contribution is 7.91. The number of hydrogen-bond donors (Lipinski definition) is 2. The van der Waals surface area contributed by atoms with Gasteiger partial charge in [-0.05, 0) is 31.0 Å². The van der Waals surface area contributed by atoms with E-state index in [1.807, 2.05) is 30.3 Å². The number of H-pyrrole nitrogens is 1. The fourth-order valence-electron chi connectivity index (χ4n) is 3.17. The van der Waals surface area contributed by atoms with E-state index in [4.69, 9.17) is 0 Å². The van der Waals surface area contributed by atoms with Crippen LogP contribution in [0.1, 0.15) is 12.8 Å². The molecule has 0 radical (unpaired) electrons. The van der Waals surface area contributed by atoms with Crippen LogP contribution in [-0.4, -0.2) is 35.8 Å². The van der Waals surface area contributed by atoms with Crippen molar-refractivity contribution in [2.45, 2.75) is 12.8 Å². The first-order valence-electron chi connectivity index (χ1n) is 7.90. The molecule has 1 aromatic carbocycles. The standard InChI is InChI=1S/C17H17N3O3S/c21-17(13-6-9-24(22,23)10-7-13)20-14-4-3-11-1-2-12-5-8-18-15(12)16(11)19-14/h1-5,8,13,19H,6-7,9-10H2,(H,20,21). The number of aromatic nitrogens is 2. The lowest BCUT2D eigenvalue weighted by molar-refractivity contribution is -0.120. The Kier molecular flexibility index (Phi) is 3.53. The highest BCUT2D eigenvalue weighted by Gasteiger charge is 2.28. The van der Waals surface area contributed by atoms with Crippen LogP contribution in [0.15, 0.2) is 36.5 Å². The largest absolute Gasteiger partial charge is 0.339 e. The van der Waals surface area contributed by atoms with Crippen molar-refractivity contribution in [1.29, 1.82) is 0 Å². The maximum absolute atomic E-state index is 12.4. The quantitative estimate of drug-likeness (QED) is 0.748. The summed E-state index contributed by atoms with van der Waals surface area (Å²) in [7, 11) is -2.96. The van der Waals surface area contributed by atoms with E-state index in [1.54, 1.807) is 6.20 Å². The van der Waals surface area contributed by atoms with Gasteiger partial charge < -0.3 is 10.3 Å². The SMILES string of the molecule is O=C(Nc1ccc2ccc3ccnc3c2[nH]1)C1CCS(=O)(=O)CC1. The van der Waals surface area contributed by atoms with Crippen LogP contribution in [0.3, 0.4) is 0 Å². The summed E-state index contributed by atoms with van der Waals surface area (Å²) in [5, 5.41) is 4.93. The third-order valence-corrected chi connectivity index (χ3v) is 6.29. The molecule has 0 atom stereocenters. The minimum atomic E-state index is -2.96. The normalized spacial score (nSPS) is 18.0. The summed E-state index contributed by atoms with van der Waals surface area (Å²) in [6, 6.07) is 9.71. The fraction of sp³-hybridized carbons (Fsp3) is 0.294. The van der Waals surface area contributed by atoms with E-state index < -0.39 is 9.84 Å². The number of pyridine rings is 1. The van der Waals surface area contributed by atoms with Gasteiger partial charge in [-0.25, -0.2) is 8.42 Å². The van der Waals surface area contributed by atoms with Gasteiger partial charge in [-0.1, -0.05) is 12.1 Å². The molecular formula is C17H17N3O3S. The van der Waals surface area contributed by atoms with Crippen molar-refractivity contribution in [3.8, 4) is 0 Å². The van der Waals surface area contributed by atoms with Gasteiger partial charge in [0.05, 0.1) is 22.5 Å². The highest BCUT2D eigenvalue weighted by atomic mass is 32.2. The van der Waals surface area contributed by atoms with Crippen molar-refractivity contribution in [3.63, 3.8) is 0 Å². The lowest BCUT2D eigenvalue weighted by atomic mass is 10.0. The summed E-state index contributed by atoms with van der Waals surface area (Å²) < 4.78 is 23.0. The van der Waals surface area contributed by atoms with Gasteiger partial charge in [-0.2, -0.15) is 0 Å². The van der Waals surface area contributed by atoms with Gasteiger partial charge in [0.1, 0.15) is 15.7 Å². The third-order valence-electron chi connectivity index (χ3n) is 4.57. The highest BCUT2D eigenvalue weighted by Crippen LogP contribution is 2.25. The lowest BCUT2D eigenvalue weighted by Gasteiger charge is -2.21. The number of amides is 1. The number of nitrogens with zero attached hydrogens (tertiary/aromatic N) is 1. The topological polar surface area (TPSA) is 91.9 Å². The Morgan fingerprint density at radius 1 is 1.08 bits per heavy atom. The number of rotatable bonds is 2. The number of carbonyl (C=O) groups excluding carboxylic acids is 1. The van der Waals surface area contributed by atoms with Crippen LogP contribution in [0.5, 0.6) is 0 Å². The van der Waals surface area contributed by atoms with E-state index in [-0.39, 0.29) is 23.3 Å². The van der Waals surface area contributed by atoms with Gasteiger partial charge in [-0.15, -0.1) is 0 Å². The van der Waals surface area contributed by atoms with Gasteiger partial charge in [-0.3, -0.25) is 9.78 Å². The van der Waals surface area contributed by atoms with Crippen molar-refractivity contribution in [3.05, 3.63) is 36.5 Å². The van der Waals surface area contributed by atoms with E-state index >= 15 is 0 Å². The zero-order valence-corrected chi connectivity index (χ0v) is 13.8. The molecule has 0 saturated carbocycles. The summed E-state index contributed by atoms with van der Waals surface area (Å²) in [4.78, 5) is 20.0. The van der Waals surface area contributed by atoms with Crippen molar-refractivity contribution in [2.24, 2.45) is 5.92 Å². The summed E-state index contributed by atoms with van der Waals surface area (Å²) >= 11 is 0. The van der Waals surface area contributed by atoms with Crippen LogP contribution in [-0.2, 0) is 14.6 Å². The average molecular weight is 343 g/mol. The summed E-state index contributed by atoms with van der Waals surface area (Å²) in [5.41, 5.74) is 1.74. The number of hydrogen-bond acceptors (Lipinski definition) is 4. The van der Waals surface area contributed by atoms with Crippen LogP contribution < -0.4 is 5.32 Å². The Bertz CT molecular complexity index is 1030. The third kappa shape index (κ3) is 2.75. The van der Waals surface area contributed by atoms with E-state index in [2.05, 4.69) is 15.3 Å². The molecule has 1 amide bonds. The molecule has 6 nitrogen and oxygen atoms in total. The molecule has 1 aliphatic rings. The first kappa shape index (κ1) is 15.1. The van der Waals surface area contributed by atoms with Crippen LogP contribution >= 0.6 is 0 Å². The summed E-state index contributed by atoms with van der Waals surface area (Å²) in [6.45, 7) is 0. The summed E-state index contributed by atoms with van der Waals surface area (Å²) in [5.74, 6) is 0.375. The molecular weight excluding hydrogens is 326 g/mol. The van der Waals surface area contributed by atoms with Crippen LogP contribution in [0, 0.1) is 5.92 Å². The fourth-order valence-corrected chi connectivity index (χ4v) is 4.66. The molecule has 2 N–H and O–H groups in total. The van der Waals surface area contributed by atoms with Gasteiger partial charge in [0.25, 0.3) is 0 Å². The van der Waals surface area contributed by atoms with Crippen molar-refractivity contribution in [2.75, 3.05) is 16.8 Å². The van der Waals surface area contributed by atoms with Gasteiger partial charge in [0.15, 0.2) is 0 Å². The number of fused-ring (bicyclic) bond motifs is 3. The van der Waals surface area contributed by atoms with E-state index in [9.17, 15) is 13.2 Å². The molecule has 0 bridgehead atoms. The van der Waals surface area contributed by atoms with Crippen molar-refractivity contribution in [1.82, 2.24) is 9.97 Å². The number of aromatic amines is 1. The average Bonchev–Trinajstić information content (AvgIpc) is 3.03. The second-order valence-electron chi connectivity index (χ2n) is 6.20. The number of benzene rings is 1. The Labute approximate surface area is 139 Å². The molecule has 1 fully saturated rings. The number of carbonyl (C=O) groups is 1. The molecule has 0 spiro atoms. The lowest BCUT2D eigenvalue weighted by Crippen LogP contribution is -2.32. The van der Waals surface area contributed by atoms with E-state index in [1.165, 1.54) is 0 Å². The zero-order valence-electron chi connectivity index (χ0n) is 13.0. The summed E-state index contributed by atoms with van der Waals surface area (Å²) in [6.07, 6.45) is 2.53. The maximum atomic E-state index is 12.4. The van der Waals surface area contributed by atoms with E-state index in [0.29, 0.717) is 18.7 Å². The first-order chi connectivity index (χ1) is 11.5. The second-order valence-corrected chi connectivity index (χ2v) is 8.50. The predicted molar refractivity (Wildman–Crippen MR) is 93.6 cm³/mol. The molecule has 124 valence electrons. The van der Waals surface area contributed by atoms with Gasteiger partial charge >= 0.3 is 0 Å². The van der Waals surface area contributed by atoms with Crippen molar-refractivity contribution >= 4 is 43.4 Å². The monoisotopic (exact) mass is 343 g/mol. The zero-order chi connectivity index (χ0) is 16.7. The molecule has 7 heteroatoms. The van der Waals surface area contributed by atoms with Crippen molar-refractivity contribution < 1.29 is 13.2 Å². The molecule has 0 unspecified atom stereocenters. The van der Waals surface area contributed by atoms with Gasteiger partial charge in [0.2, 0.25) is 5.91 Å². The van der Waals surface area contributed by atoms with Crippen LogP contribution in [0.25, 0.3) is 21.8 Å². The van der Waals surface area contributed by atoms with E-state index in [0.717, 1.165) is 21.8 Å². The molecule has 3 heterocycles. The molecule has 3 aromatic rings. The molecule has 4 rings (SSSR count). The minimum Gasteiger partial charge on any atom is -0.339 e. The van der Waals surface area contributed by atoms with Gasteiger partial charge in [0, 0.05) is 22.9 Å². The van der Waals surface area contributed by atoms with Crippen LogP contribution in [0.4, 0.5) is 5.82 Å². The predicted octanol–water partition coefficient (Wildman–Crippen LogP) is 2.48. The molecule has 2 aromatic heterocycles. The number of nitrogens with one attached hydrogen (secondary N) is 2. The first-order valence-corrected chi connectivity index (χ1v) is 9.72. The Morgan fingerprint density at radius 3 is 2.58 bits per heavy atom. The minimum absolute atomic E-state index is 0.0879. The maximum Gasteiger partial charge on any atom is 0.228 e. The number of anilines is 1. The molecule has 24 heavy (non-hydrogen) atoms. The molecule has 0 aliphatic carbocycles.